The van der Waals surface area contributed by atoms with E-state index in [1.807, 2.05) is 30.3 Å². The highest BCUT2D eigenvalue weighted by molar-refractivity contribution is 5.76. The zero-order valence-corrected chi connectivity index (χ0v) is 12.7. The van der Waals surface area contributed by atoms with E-state index in [4.69, 9.17) is 5.73 Å². The SMILES string of the molecule is CC1CCC(O)(CNC(=O)CC(N)c2ccccc2)CC1. The van der Waals surface area contributed by atoms with E-state index < -0.39 is 5.60 Å². The lowest BCUT2D eigenvalue weighted by Crippen LogP contribution is -2.45. The molecule has 1 fully saturated rings. The van der Waals surface area contributed by atoms with E-state index in [2.05, 4.69) is 12.2 Å². The third-order valence-corrected chi connectivity index (χ3v) is 4.45. The maximum absolute atomic E-state index is 12.0. The normalized spacial score (nSPS) is 27.1. The molecule has 4 heteroatoms. The molecule has 116 valence electrons. The quantitative estimate of drug-likeness (QED) is 0.777. The summed E-state index contributed by atoms with van der Waals surface area (Å²) in [6.07, 6.45) is 3.82. The van der Waals surface area contributed by atoms with Crippen LogP contribution in [0, 0.1) is 5.92 Å². The van der Waals surface area contributed by atoms with Gasteiger partial charge in [0.05, 0.1) is 5.60 Å². The Morgan fingerprint density at radius 3 is 2.62 bits per heavy atom. The second-order valence-corrected chi connectivity index (χ2v) is 6.40. The van der Waals surface area contributed by atoms with Gasteiger partial charge in [-0.25, -0.2) is 0 Å². The van der Waals surface area contributed by atoms with Gasteiger partial charge in [-0.2, -0.15) is 0 Å². The molecule has 0 spiro atoms. The smallest absolute Gasteiger partial charge is 0.222 e. The second-order valence-electron chi connectivity index (χ2n) is 6.40. The minimum absolute atomic E-state index is 0.0987. The number of nitrogens with two attached hydrogens (primary N) is 1. The molecule has 21 heavy (non-hydrogen) atoms. The Kier molecular flexibility index (Phi) is 5.37. The summed E-state index contributed by atoms with van der Waals surface area (Å²) >= 11 is 0. The summed E-state index contributed by atoms with van der Waals surface area (Å²) in [6, 6.07) is 9.31. The van der Waals surface area contributed by atoms with Crippen molar-refractivity contribution in [3.8, 4) is 0 Å². The van der Waals surface area contributed by atoms with Gasteiger partial charge >= 0.3 is 0 Å². The first kappa shape index (κ1) is 16.0. The average Bonchev–Trinajstić information content (AvgIpc) is 2.50. The number of benzene rings is 1. The maximum atomic E-state index is 12.0. The van der Waals surface area contributed by atoms with E-state index in [1.54, 1.807) is 0 Å². The lowest BCUT2D eigenvalue weighted by molar-refractivity contribution is -0.123. The third kappa shape index (κ3) is 4.83. The van der Waals surface area contributed by atoms with Crippen molar-refractivity contribution >= 4 is 5.91 Å². The number of hydrogen-bond acceptors (Lipinski definition) is 3. The number of carbonyl (C=O) groups is 1. The van der Waals surface area contributed by atoms with Crippen LogP contribution in [0.4, 0.5) is 0 Å². The number of carbonyl (C=O) groups excluding carboxylic acids is 1. The molecule has 1 atom stereocenters. The van der Waals surface area contributed by atoms with E-state index in [-0.39, 0.29) is 18.4 Å². The molecule has 1 saturated carbocycles. The van der Waals surface area contributed by atoms with Crippen LogP contribution in [0.25, 0.3) is 0 Å². The van der Waals surface area contributed by atoms with Crippen molar-refractivity contribution in [2.24, 2.45) is 11.7 Å². The molecule has 0 heterocycles. The number of aliphatic hydroxyl groups is 1. The molecule has 1 aliphatic carbocycles. The van der Waals surface area contributed by atoms with Crippen LogP contribution in [-0.2, 0) is 4.79 Å². The predicted octanol–water partition coefficient (Wildman–Crippen LogP) is 2.13. The molecule has 1 amide bonds. The molecule has 1 unspecified atom stereocenters. The number of hydrogen-bond donors (Lipinski definition) is 3. The van der Waals surface area contributed by atoms with Crippen LogP contribution in [-0.4, -0.2) is 23.2 Å². The van der Waals surface area contributed by atoms with Crippen molar-refractivity contribution in [1.82, 2.24) is 5.32 Å². The largest absolute Gasteiger partial charge is 0.388 e. The molecule has 1 aliphatic rings. The Hall–Kier alpha value is -1.39. The first-order valence-electron chi connectivity index (χ1n) is 7.78. The van der Waals surface area contributed by atoms with E-state index in [0.29, 0.717) is 12.5 Å². The van der Waals surface area contributed by atoms with Gasteiger partial charge < -0.3 is 16.2 Å². The van der Waals surface area contributed by atoms with Gasteiger partial charge in [0.15, 0.2) is 0 Å². The van der Waals surface area contributed by atoms with Crippen LogP contribution in [0.1, 0.15) is 50.6 Å². The Bertz CT molecular complexity index is 453. The molecule has 0 aromatic heterocycles. The van der Waals surface area contributed by atoms with Crippen LogP contribution < -0.4 is 11.1 Å². The van der Waals surface area contributed by atoms with Gasteiger partial charge in [0.1, 0.15) is 0 Å². The van der Waals surface area contributed by atoms with Gasteiger partial charge in [-0.15, -0.1) is 0 Å². The summed E-state index contributed by atoms with van der Waals surface area (Å²) in [7, 11) is 0. The van der Waals surface area contributed by atoms with E-state index in [0.717, 1.165) is 31.2 Å². The standard InChI is InChI=1S/C17H26N2O2/c1-13-7-9-17(21,10-8-13)12-19-16(20)11-15(18)14-5-3-2-4-6-14/h2-6,13,15,21H,7-12,18H2,1H3,(H,19,20). The molecular formula is C17H26N2O2. The van der Waals surface area contributed by atoms with Crippen molar-refractivity contribution in [2.45, 2.75) is 50.7 Å². The lowest BCUT2D eigenvalue weighted by atomic mass is 9.79. The van der Waals surface area contributed by atoms with Gasteiger partial charge in [0.2, 0.25) is 5.91 Å². The Balaban J connectivity index is 1.77. The Morgan fingerprint density at radius 1 is 1.38 bits per heavy atom. The maximum Gasteiger partial charge on any atom is 0.222 e. The highest BCUT2D eigenvalue weighted by atomic mass is 16.3. The summed E-state index contributed by atoms with van der Waals surface area (Å²) in [5.74, 6) is 0.575. The summed E-state index contributed by atoms with van der Waals surface area (Å²) < 4.78 is 0. The molecule has 1 aromatic carbocycles. The first-order valence-corrected chi connectivity index (χ1v) is 7.78. The summed E-state index contributed by atoms with van der Waals surface area (Å²) in [6.45, 7) is 2.54. The van der Waals surface area contributed by atoms with Crippen LogP contribution in [0.5, 0.6) is 0 Å². The Morgan fingerprint density at radius 2 is 2.00 bits per heavy atom. The van der Waals surface area contributed by atoms with Gasteiger partial charge in [-0.3, -0.25) is 4.79 Å². The fourth-order valence-electron chi connectivity index (χ4n) is 2.83. The fourth-order valence-corrected chi connectivity index (χ4v) is 2.83. The highest BCUT2D eigenvalue weighted by Gasteiger charge is 2.32. The fraction of sp³-hybridized carbons (Fsp3) is 0.588. The number of rotatable bonds is 5. The molecule has 0 aliphatic heterocycles. The van der Waals surface area contributed by atoms with E-state index >= 15 is 0 Å². The minimum atomic E-state index is -0.737. The first-order chi connectivity index (χ1) is 9.98. The number of amides is 1. The van der Waals surface area contributed by atoms with Crippen molar-refractivity contribution in [3.05, 3.63) is 35.9 Å². The van der Waals surface area contributed by atoms with Crippen LogP contribution in [0.2, 0.25) is 0 Å². The average molecular weight is 290 g/mol. The van der Waals surface area contributed by atoms with E-state index in [1.165, 1.54) is 0 Å². The van der Waals surface area contributed by atoms with Crippen molar-refractivity contribution < 1.29 is 9.90 Å². The van der Waals surface area contributed by atoms with Gasteiger partial charge in [-0.05, 0) is 37.2 Å². The van der Waals surface area contributed by atoms with Crippen LogP contribution in [0.3, 0.4) is 0 Å². The summed E-state index contributed by atoms with van der Waals surface area (Å²) in [5, 5.41) is 13.3. The zero-order valence-electron chi connectivity index (χ0n) is 12.7. The molecule has 4 N–H and O–H groups in total. The molecule has 0 radical (unpaired) electrons. The van der Waals surface area contributed by atoms with Crippen molar-refractivity contribution in [2.75, 3.05) is 6.54 Å². The molecular weight excluding hydrogens is 264 g/mol. The van der Waals surface area contributed by atoms with Crippen LogP contribution >= 0.6 is 0 Å². The zero-order chi connectivity index (χ0) is 15.3. The minimum Gasteiger partial charge on any atom is -0.388 e. The van der Waals surface area contributed by atoms with Gasteiger partial charge in [-0.1, -0.05) is 37.3 Å². The predicted molar refractivity (Wildman–Crippen MR) is 83.6 cm³/mol. The van der Waals surface area contributed by atoms with Gasteiger partial charge in [0, 0.05) is 19.0 Å². The van der Waals surface area contributed by atoms with Crippen molar-refractivity contribution in [1.29, 1.82) is 0 Å². The molecule has 0 bridgehead atoms. The highest BCUT2D eigenvalue weighted by Crippen LogP contribution is 2.31. The number of nitrogens with one attached hydrogen (secondary N) is 1. The summed E-state index contributed by atoms with van der Waals surface area (Å²) in [4.78, 5) is 12.0. The van der Waals surface area contributed by atoms with Crippen LogP contribution in [0.15, 0.2) is 30.3 Å². The van der Waals surface area contributed by atoms with E-state index in [9.17, 15) is 9.90 Å². The molecule has 1 aromatic rings. The molecule has 2 rings (SSSR count). The second kappa shape index (κ2) is 7.05. The summed E-state index contributed by atoms with van der Waals surface area (Å²) in [5.41, 5.74) is 6.25. The Labute approximate surface area is 126 Å². The topological polar surface area (TPSA) is 75.3 Å². The monoisotopic (exact) mass is 290 g/mol. The lowest BCUT2D eigenvalue weighted by Gasteiger charge is -2.35. The van der Waals surface area contributed by atoms with Gasteiger partial charge in [0.25, 0.3) is 0 Å². The molecule has 0 saturated heterocycles. The van der Waals surface area contributed by atoms with Crippen molar-refractivity contribution in [3.63, 3.8) is 0 Å². The molecule has 4 nitrogen and oxygen atoms in total. The third-order valence-electron chi connectivity index (χ3n) is 4.45.